The van der Waals surface area contributed by atoms with Crippen molar-refractivity contribution in [3.63, 3.8) is 0 Å². The maximum Gasteiger partial charge on any atom is 0.133 e. The summed E-state index contributed by atoms with van der Waals surface area (Å²) in [4.78, 5) is 4.53. The summed E-state index contributed by atoms with van der Waals surface area (Å²) in [5, 5.41) is 5.89. The highest BCUT2D eigenvalue weighted by atomic mass is 79.9. The van der Waals surface area contributed by atoms with Crippen LogP contribution in [0, 0.1) is 0 Å². The molecule has 0 radical (unpaired) electrons. The highest BCUT2D eigenvalue weighted by molar-refractivity contribution is 9.10. The van der Waals surface area contributed by atoms with Crippen LogP contribution in [-0.4, -0.2) is 11.5 Å². The summed E-state index contributed by atoms with van der Waals surface area (Å²) in [6.45, 7) is 0.940. The van der Waals surface area contributed by atoms with Crippen LogP contribution in [0.4, 0.5) is 5.82 Å². The van der Waals surface area contributed by atoms with E-state index < -0.39 is 0 Å². The Hall–Kier alpha value is -1.87. The number of pyridine rings is 1. The predicted octanol–water partition coefficient (Wildman–Crippen LogP) is 4.75. The maximum atomic E-state index is 4.53. The van der Waals surface area contributed by atoms with Crippen molar-refractivity contribution in [1.82, 2.24) is 4.98 Å². The molecular weight excluding hydrogens is 324 g/mol. The van der Waals surface area contributed by atoms with Gasteiger partial charge in [0.15, 0.2) is 0 Å². The van der Waals surface area contributed by atoms with Crippen molar-refractivity contribution in [2.75, 3.05) is 11.9 Å². The minimum atomic E-state index is 0.602. The van der Waals surface area contributed by atoms with Crippen molar-refractivity contribution in [1.29, 1.82) is 0 Å². The molecule has 0 fully saturated rings. The summed E-state index contributed by atoms with van der Waals surface area (Å²) >= 11 is 3.57. The molecule has 0 bridgehead atoms. The van der Waals surface area contributed by atoms with Crippen molar-refractivity contribution in [3.8, 4) is 0 Å². The largest absolute Gasteiger partial charge is 0.369 e. The number of aromatic nitrogens is 1. The first-order chi connectivity index (χ1) is 10.3. The van der Waals surface area contributed by atoms with Gasteiger partial charge in [-0.1, -0.05) is 48.5 Å². The SMILES string of the molecule is Brc1cnc(NCC2Cc3ccccc32)c2ccccc12. The summed E-state index contributed by atoms with van der Waals surface area (Å²) in [7, 11) is 0. The molecule has 0 amide bonds. The smallest absolute Gasteiger partial charge is 0.133 e. The number of hydrogen-bond donors (Lipinski definition) is 1. The number of benzene rings is 2. The van der Waals surface area contributed by atoms with E-state index in [0.717, 1.165) is 23.3 Å². The molecular formula is C18H15BrN2. The molecule has 0 saturated heterocycles. The van der Waals surface area contributed by atoms with E-state index in [2.05, 4.69) is 74.8 Å². The molecule has 1 atom stereocenters. The third kappa shape index (κ3) is 2.22. The van der Waals surface area contributed by atoms with Crippen LogP contribution in [-0.2, 0) is 6.42 Å². The second kappa shape index (κ2) is 5.15. The van der Waals surface area contributed by atoms with Crippen LogP contribution in [0.2, 0.25) is 0 Å². The van der Waals surface area contributed by atoms with Crippen LogP contribution in [0.15, 0.2) is 59.2 Å². The molecule has 0 saturated carbocycles. The molecule has 1 aliphatic carbocycles. The van der Waals surface area contributed by atoms with Gasteiger partial charge in [-0.25, -0.2) is 4.98 Å². The van der Waals surface area contributed by atoms with Crippen LogP contribution in [0.5, 0.6) is 0 Å². The first-order valence-electron chi connectivity index (χ1n) is 7.18. The summed E-state index contributed by atoms with van der Waals surface area (Å²) < 4.78 is 1.04. The molecule has 2 aromatic carbocycles. The van der Waals surface area contributed by atoms with E-state index in [1.807, 2.05) is 6.20 Å². The molecule has 3 aromatic rings. The molecule has 0 aliphatic heterocycles. The average Bonchev–Trinajstić information content (AvgIpc) is 2.50. The van der Waals surface area contributed by atoms with E-state index in [-0.39, 0.29) is 0 Å². The Bertz CT molecular complexity index is 813. The van der Waals surface area contributed by atoms with Gasteiger partial charge in [0.05, 0.1) is 0 Å². The molecule has 21 heavy (non-hydrogen) atoms. The Morgan fingerprint density at radius 2 is 1.81 bits per heavy atom. The second-order valence-electron chi connectivity index (χ2n) is 5.48. The van der Waals surface area contributed by atoms with Crippen molar-refractivity contribution in [2.45, 2.75) is 12.3 Å². The maximum absolute atomic E-state index is 4.53. The lowest BCUT2D eigenvalue weighted by atomic mass is 9.77. The number of halogens is 1. The van der Waals surface area contributed by atoms with Crippen LogP contribution < -0.4 is 5.32 Å². The monoisotopic (exact) mass is 338 g/mol. The molecule has 1 N–H and O–H groups in total. The lowest BCUT2D eigenvalue weighted by molar-refractivity contribution is 0.635. The standard InChI is InChI=1S/C18H15BrN2/c19-17-11-21-18(16-8-4-3-7-15(16)17)20-10-13-9-12-5-1-2-6-14(12)13/h1-8,11,13H,9-10H2,(H,20,21). The van der Waals surface area contributed by atoms with Crippen LogP contribution in [0.3, 0.4) is 0 Å². The number of hydrogen-bond acceptors (Lipinski definition) is 2. The Morgan fingerprint density at radius 3 is 2.67 bits per heavy atom. The lowest BCUT2D eigenvalue weighted by Crippen LogP contribution is -2.24. The third-order valence-electron chi connectivity index (χ3n) is 4.22. The Kier molecular flexibility index (Phi) is 3.15. The van der Waals surface area contributed by atoms with Gasteiger partial charge in [-0.3, -0.25) is 0 Å². The Labute approximate surface area is 132 Å². The van der Waals surface area contributed by atoms with Gasteiger partial charge in [-0.15, -0.1) is 0 Å². The molecule has 104 valence electrons. The summed E-state index contributed by atoms with van der Waals surface area (Å²) in [6, 6.07) is 17.0. The van der Waals surface area contributed by atoms with E-state index in [1.54, 1.807) is 0 Å². The summed E-state index contributed by atoms with van der Waals surface area (Å²) in [5.41, 5.74) is 2.96. The first-order valence-corrected chi connectivity index (χ1v) is 7.97. The molecule has 3 heteroatoms. The first kappa shape index (κ1) is 12.8. The zero-order valence-electron chi connectivity index (χ0n) is 11.5. The fourth-order valence-corrected chi connectivity index (χ4v) is 3.51. The van der Waals surface area contributed by atoms with Gasteiger partial charge in [-0.05, 0) is 33.5 Å². The average molecular weight is 339 g/mol. The zero-order valence-corrected chi connectivity index (χ0v) is 13.1. The van der Waals surface area contributed by atoms with Gasteiger partial charge < -0.3 is 5.32 Å². The molecule has 1 aliphatic rings. The lowest BCUT2D eigenvalue weighted by Gasteiger charge is -2.30. The van der Waals surface area contributed by atoms with E-state index in [9.17, 15) is 0 Å². The van der Waals surface area contributed by atoms with Gasteiger partial charge in [0.2, 0.25) is 0 Å². The minimum absolute atomic E-state index is 0.602. The number of fused-ring (bicyclic) bond motifs is 2. The molecule has 1 unspecified atom stereocenters. The molecule has 0 spiro atoms. The van der Waals surface area contributed by atoms with Crippen LogP contribution in [0.25, 0.3) is 10.8 Å². The number of anilines is 1. The van der Waals surface area contributed by atoms with Crippen LogP contribution >= 0.6 is 15.9 Å². The highest BCUT2D eigenvalue weighted by Gasteiger charge is 2.25. The number of rotatable bonds is 3. The number of nitrogens with one attached hydrogen (secondary N) is 1. The summed E-state index contributed by atoms with van der Waals surface area (Å²) in [6.07, 6.45) is 3.04. The minimum Gasteiger partial charge on any atom is -0.369 e. The van der Waals surface area contributed by atoms with Crippen molar-refractivity contribution < 1.29 is 0 Å². The van der Waals surface area contributed by atoms with Gasteiger partial charge in [0.1, 0.15) is 5.82 Å². The molecule has 4 rings (SSSR count). The molecule has 1 aromatic heterocycles. The zero-order chi connectivity index (χ0) is 14.2. The Morgan fingerprint density at radius 1 is 1.05 bits per heavy atom. The van der Waals surface area contributed by atoms with Gasteiger partial charge in [0.25, 0.3) is 0 Å². The molecule has 1 heterocycles. The molecule has 2 nitrogen and oxygen atoms in total. The second-order valence-corrected chi connectivity index (χ2v) is 6.34. The van der Waals surface area contributed by atoms with Gasteiger partial charge in [0, 0.05) is 33.9 Å². The topological polar surface area (TPSA) is 24.9 Å². The summed E-state index contributed by atoms with van der Waals surface area (Å²) in [5.74, 6) is 1.57. The van der Waals surface area contributed by atoms with Gasteiger partial charge >= 0.3 is 0 Å². The highest BCUT2D eigenvalue weighted by Crippen LogP contribution is 2.35. The van der Waals surface area contributed by atoms with Crippen molar-refractivity contribution >= 4 is 32.5 Å². The van der Waals surface area contributed by atoms with Crippen molar-refractivity contribution in [2.24, 2.45) is 0 Å². The fraction of sp³-hybridized carbons (Fsp3) is 0.167. The normalized spacial score (nSPS) is 16.3. The quantitative estimate of drug-likeness (QED) is 0.745. The van der Waals surface area contributed by atoms with Crippen LogP contribution in [0.1, 0.15) is 17.0 Å². The third-order valence-corrected chi connectivity index (χ3v) is 4.86. The van der Waals surface area contributed by atoms with Gasteiger partial charge in [-0.2, -0.15) is 0 Å². The van der Waals surface area contributed by atoms with Crippen molar-refractivity contribution in [3.05, 3.63) is 70.3 Å². The van der Waals surface area contributed by atoms with E-state index >= 15 is 0 Å². The fourth-order valence-electron chi connectivity index (χ4n) is 3.06. The van der Waals surface area contributed by atoms with E-state index in [4.69, 9.17) is 0 Å². The predicted molar refractivity (Wildman–Crippen MR) is 90.8 cm³/mol. The van der Waals surface area contributed by atoms with E-state index in [1.165, 1.54) is 21.9 Å². The van der Waals surface area contributed by atoms with E-state index in [0.29, 0.717) is 5.92 Å². The Balaban J connectivity index is 1.58. The number of nitrogens with zero attached hydrogens (tertiary/aromatic N) is 1.